The first-order chi connectivity index (χ1) is 12.0. The number of para-hydroxylation sites is 1. The number of nitrogens with zero attached hydrogens (tertiary/aromatic N) is 4. The van der Waals surface area contributed by atoms with Gasteiger partial charge in [-0.25, -0.2) is 0 Å². The fraction of sp³-hybridized carbons (Fsp3) is 0.222. The second kappa shape index (κ2) is 7.57. The van der Waals surface area contributed by atoms with Crippen molar-refractivity contribution in [3.63, 3.8) is 0 Å². The van der Waals surface area contributed by atoms with Crippen LogP contribution in [0, 0.1) is 0 Å². The monoisotopic (exact) mass is 399 g/mol. The highest BCUT2D eigenvalue weighted by Crippen LogP contribution is 2.25. The maximum atomic E-state index is 12.3. The zero-order valence-electron chi connectivity index (χ0n) is 14.0. The zero-order chi connectivity index (χ0) is 17.8. The van der Waals surface area contributed by atoms with Gasteiger partial charge in [-0.15, -0.1) is 10.2 Å². The summed E-state index contributed by atoms with van der Waals surface area (Å²) in [6, 6.07) is 15.4. The average molecular weight is 400 g/mol. The lowest BCUT2D eigenvalue weighted by molar-refractivity contribution is -0.117. The Morgan fingerprint density at radius 1 is 1.16 bits per heavy atom. The summed E-state index contributed by atoms with van der Waals surface area (Å²) in [5.74, 6) is 0.607. The van der Waals surface area contributed by atoms with Gasteiger partial charge in [-0.3, -0.25) is 4.79 Å². The van der Waals surface area contributed by atoms with Crippen molar-refractivity contribution in [1.29, 1.82) is 0 Å². The summed E-state index contributed by atoms with van der Waals surface area (Å²) in [6.45, 7) is 4.19. The molecule has 0 fully saturated rings. The average Bonchev–Trinajstić information content (AvgIpc) is 3.03. The molecule has 7 heteroatoms. The number of hydrogen-bond donors (Lipinski definition) is 1. The molecule has 1 heterocycles. The molecule has 128 valence electrons. The summed E-state index contributed by atoms with van der Waals surface area (Å²) in [4.78, 5) is 13.6. The van der Waals surface area contributed by atoms with Crippen LogP contribution in [0.3, 0.4) is 0 Å². The molecule has 2 aromatic carbocycles. The maximum absolute atomic E-state index is 12.3. The van der Waals surface area contributed by atoms with Crippen LogP contribution in [0.15, 0.2) is 53.0 Å². The molecule has 0 saturated heterocycles. The lowest BCUT2D eigenvalue weighted by Gasteiger charge is -2.13. The van der Waals surface area contributed by atoms with Crippen LogP contribution in [0.2, 0.25) is 0 Å². The first-order valence-corrected chi connectivity index (χ1v) is 8.75. The minimum atomic E-state index is -0.191. The van der Waals surface area contributed by atoms with Gasteiger partial charge in [-0.05, 0) is 34.9 Å². The van der Waals surface area contributed by atoms with Crippen LogP contribution < -0.4 is 5.32 Å². The predicted molar refractivity (Wildman–Crippen MR) is 100 cm³/mol. The van der Waals surface area contributed by atoms with Gasteiger partial charge in [0.05, 0.1) is 0 Å². The van der Waals surface area contributed by atoms with Crippen molar-refractivity contribution in [2.75, 3.05) is 5.32 Å². The van der Waals surface area contributed by atoms with Gasteiger partial charge in [0.2, 0.25) is 11.7 Å². The van der Waals surface area contributed by atoms with Crippen molar-refractivity contribution < 1.29 is 4.79 Å². The number of rotatable bonds is 5. The summed E-state index contributed by atoms with van der Waals surface area (Å²) in [7, 11) is 0. The summed E-state index contributed by atoms with van der Waals surface area (Å²) in [6.07, 6.45) is 0. The van der Waals surface area contributed by atoms with E-state index in [4.69, 9.17) is 0 Å². The van der Waals surface area contributed by atoms with E-state index in [1.165, 1.54) is 4.80 Å². The molecular formula is C18H18BrN5O. The van der Waals surface area contributed by atoms with Crippen LogP contribution in [-0.4, -0.2) is 26.1 Å². The second-order valence-corrected chi connectivity index (χ2v) is 6.77. The van der Waals surface area contributed by atoms with E-state index in [0.29, 0.717) is 11.7 Å². The molecule has 1 N–H and O–H groups in total. The van der Waals surface area contributed by atoms with Gasteiger partial charge in [0.15, 0.2) is 0 Å². The van der Waals surface area contributed by atoms with Gasteiger partial charge in [0.25, 0.3) is 0 Å². The molecule has 0 aliphatic rings. The molecule has 0 bridgehead atoms. The van der Waals surface area contributed by atoms with Crippen LogP contribution in [0.4, 0.5) is 5.69 Å². The maximum Gasteiger partial charge on any atom is 0.248 e. The fourth-order valence-corrected chi connectivity index (χ4v) is 2.96. The van der Waals surface area contributed by atoms with Crippen molar-refractivity contribution in [3.8, 4) is 11.4 Å². The number of anilines is 1. The van der Waals surface area contributed by atoms with E-state index in [1.54, 1.807) is 0 Å². The standard InChI is InChI=1S/C18H18BrN5O/c1-12(2)13-7-4-6-10-16(13)20-17(25)11-24-22-18(21-23-24)14-8-3-5-9-15(14)19/h3-10,12H,11H2,1-2H3,(H,20,25). The van der Waals surface area contributed by atoms with Gasteiger partial charge in [-0.2, -0.15) is 4.80 Å². The third-order valence-electron chi connectivity index (χ3n) is 3.71. The van der Waals surface area contributed by atoms with Crippen molar-refractivity contribution in [2.45, 2.75) is 26.3 Å². The number of carbonyl (C=O) groups is 1. The minimum absolute atomic E-state index is 0.00385. The Labute approximate surface area is 154 Å². The van der Waals surface area contributed by atoms with Gasteiger partial charge in [-0.1, -0.05) is 60.1 Å². The van der Waals surface area contributed by atoms with Crippen LogP contribution in [0.1, 0.15) is 25.3 Å². The Balaban J connectivity index is 1.72. The molecule has 0 radical (unpaired) electrons. The number of amides is 1. The lowest BCUT2D eigenvalue weighted by Crippen LogP contribution is -2.21. The number of carbonyl (C=O) groups excluding carboxylic acids is 1. The molecule has 3 rings (SSSR count). The highest BCUT2D eigenvalue weighted by Gasteiger charge is 2.13. The van der Waals surface area contributed by atoms with Gasteiger partial charge < -0.3 is 5.32 Å². The Morgan fingerprint density at radius 2 is 1.88 bits per heavy atom. The lowest BCUT2D eigenvalue weighted by atomic mass is 10.0. The van der Waals surface area contributed by atoms with Crippen LogP contribution in [-0.2, 0) is 11.3 Å². The molecule has 0 spiro atoms. The van der Waals surface area contributed by atoms with Crippen LogP contribution in [0.5, 0.6) is 0 Å². The Hall–Kier alpha value is -2.54. The molecular weight excluding hydrogens is 382 g/mol. The number of tetrazole rings is 1. The second-order valence-electron chi connectivity index (χ2n) is 5.91. The van der Waals surface area contributed by atoms with Crippen LogP contribution >= 0.6 is 15.9 Å². The summed E-state index contributed by atoms with van der Waals surface area (Å²) in [5, 5.41) is 15.2. The van der Waals surface area contributed by atoms with E-state index in [0.717, 1.165) is 21.3 Å². The molecule has 0 saturated carbocycles. The number of hydrogen-bond acceptors (Lipinski definition) is 4. The smallest absolute Gasteiger partial charge is 0.248 e. The summed E-state index contributed by atoms with van der Waals surface area (Å²) >= 11 is 3.46. The van der Waals surface area contributed by atoms with Crippen molar-refractivity contribution in [2.24, 2.45) is 0 Å². The number of benzene rings is 2. The molecule has 6 nitrogen and oxygen atoms in total. The fourth-order valence-electron chi connectivity index (χ4n) is 2.49. The molecule has 0 atom stereocenters. The molecule has 1 aromatic heterocycles. The SMILES string of the molecule is CC(C)c1ccccc1NC(=O)Cn1nnc(-c2ccccc2Br)n1. The van der Waals surface area contributed by atoms with Gasteiger partial charge in [0.1, 0.15) is 6.54 Å². The third-order valence-corrected chi connectivity index (χ3v) is 4.40. The van der Waals surface area contributed by atoms with Crippen molar-refractivity contribution >= 4 is 27.5 Å². The summed E-state index contributed by atoms with van der Waals surface area (Å²) < 4.78 is 0.880. The Kier molecular flexibility index (Phi) is 5.23. The Morgan fingerprint density at radius 3 is 2.64 bits per heavy atom. The normalized spacial score (nSPS) is 10.9. The van der Waals surface area contributed by atoms with Crippen LogP contribution in [0.25, 0.3) is 11.4 Å². The predicted octanol–water partition coefficient (Wildman–Crippen LogP) is 3.86. The number of halogens is 1. The van der Waals surface area contributed by atoms with Gasteiger partial charge >= 0.3 is 0 Å². The van der Waals surface area contributed by atoms with E-state index in [1.807, 2.05) is 48.5 Å². The largest absolute Gasteiger partial charge is 0.324 e. The topological polar surface area (TPSA) is 72.7 Å². The minimum Gasteiger partial charge on any atom is -0.324 e. The Bertz CT molecular complexity index is 890. The molecule has 25 heavy (non-hydrogen) atoms. The summed E-state index contributed by atoms with van der Waals surface area (Å²) in [5.41, 5.74) is 2.74. The molecule has 1 amide bonds. The van der Waals surface area contributed by atoms with Crippen molar-refractivity contribution in [1.82, 2.24) is 20.2 Å². The van der Waals surface area contributed by atoms with E-state index < -0.39 is 0 Å². The van der Waals surface area contributed by atoms with E-state index in [9.17, 15) is 4.79 Å². The number of nitrogens with one attached hydrogen (secondary N) is 1. The first-order valence-electron chi connectivity index (χ1n) is 7.96. The van der Waals surface area contributed by atoms with E-state index >= 15 is 0 Å². The van der Waals surface area contributed by atoms with Gasteiger partial charge in [0, 0.05) is 15.7 Å². The first kappa shape index (κ1) is 17.3. The highest BCUT2D eigenvalue weighted by molar-refractivity contribution is 9.10. The zero-order valence-corrected chi connectivity index (χ0v) is 15.6. The molecule has 3 aromatic rings. The van der Waals surface area contributed by atoms with E-state index in [-0.39, 0.29) is 12.5 Å². The quantitative estimate of drug-likeness (QED) is 0.706. The molecule has 0 aliphatic carbocycles. The third kappa shape index (κ3) is 4.11. The van der Waals surface area contributed by atoms with Crippen molar-refractivity contribution in [3.05, 3.63) is 58.6 Å². The highest BCUT2D eigenvalue weighted by atomic mass is 79.9. The molecule has 0 unspecified atom stereocenters. The van der Waals surface area contributed by atoms with E-state index in [2.05, 4.69) is 50.5 Å². The molecule has 0 aliphatic heterocycles. The number of aromatic nitrogens is 4.